The number of H-pyrrole nitrogens is 1. The van der Waals surface area contributed by atoms with Gasteiger partial charge in [-0.25, -0.2) is 4.79 Å². The molecule has 0 saturated heterocycles. The van der Waals surface area contributed by atoms with Crippen LogP contribution in [0, 0.1) is 0 Å². The van der Waals surface area contributed by atoms with E-state index in [4.69, 9.17) is 15.2 Å². The summed E-state index contributed by atoms with van der Waals surface area (Å²) in [7, 11) is 1.31. The number of hydrogen-bond acceptors (Lipinski definition) is 7. The molecule has 3 N–H and O–H groups in total. The molecule has 0 amide bonds. The summed E-state index contributed by atoms with van der Waals surface area (Å²) in [6, 6.07) is 14.1. The molecule has 0 aliphatic carbocycles. The smallest absolute Gasteiger partial charge is 0.329 e. The molecule has 0 unspecified atom stereocenters. The van der Waals surface area contributed by atoms with Crippen LogP contribution in [-0.2, 0) is 16.6 Å². The van der Waals surface area contributed by atoms with Crippen LogP contribution in [0.25, 0.3) is 0 Å². The van der Waals surface area contributed by atoms with Crippen molar-refractivity contribution in [2.45, 2.75) is 5.92 Å². The van der Waals surface area contributed by atoms with E-state index >= 15 is 0 Å². The van der Waals surface area contributed by atoms with Crippen molar-refractivity contribution in [3.63, 3.8) is 0 Å². The maximum Gasteiger partial charge on any atom is 0.329 e. The summed E-state index contributed by atoms with van der Waals surface area (Å²) in [5.74, 6) is -1.55. The first kappa shape index (κ1) is 19.2. The van der Waals surface area contributed by atoms with Crippen molar-refractivity contribution in [1.82, 2.24) is 9.55 Å². The minimum atomic E-state index is -0.932. The topological polar surface area (TPSA) is 133 Å². The van der Waals surface area contributed by atoms with Gasteiger partial charge >= 0.3 is 11.7 Å². The number of carbonyl (C=O) groups excluding carboxylic acids is 2. The minimum absolute atomic E-state index is 0.299. The highest BCUT2D eigenvalue weighted by atomic mass is 16.5. The average molecular weight is 407 g/mol. The van der Waals surface area contributed by atoms with Crippen molar-refractivity contribution in [2.24, 2.45) is 7.05 Å². The minimum Gasteiger partial charge on any atom is -0.457 e. The number of nitrogens with one attached hydrogen (secondary N) is 1. The number of nitrogen functional groups attached to an aromatic ring is 1. The Morgan fingerprint density at radius 1 is 1.07 bits per heavy atom. The Hall–Kier alpha value is -4.14. The van der Waals surface area contributed by atoms with E-state index in [1.807, 2.05) is 4.98 Å². The molecule has 0 fully saturated rings. The van der Waals surface area contributed by atoms with E-state index in [2.05, 4.69) is 0 Å². The molecule has 30 heavy (non-hydrogen) atoms. The summed E-state index contributed by atoms with van der Waals surface area (Å²) in [5, 5.41) is 0. The van der Waals surface area contributed by atoms with E-state index in [-0.39, 0.29) is 5.82 Å². The van der Waals surface area contributed by atoms with E-state index in [1.54, 1.807) is 48.5 Å². The van der Waals surface area contributed by atoms with E-state index in [1.165, 1.54) is 7.05 Å². The molecule has 152 valence electrons. The van der Waals surface area contributed by atoms with E-state index < -0.39 is 41.1 Å². The number of para-hydroxylation sites is 2. The number of aromatic amines is 1. The highest BCUT2D eigenvalue weighted by molar-refractivity contribution is 6.01. The van der Waals surface area contributed by atoms with Crippen LogP contribution in [0.3, 0.4) is 0 Å². The van der Waals surface area contributed by atoms with Gasteiger partial charge in [-0.15, -0.1) is 0 Å². The number of benzene rings is 2. The maximum atomic E-state index is 12.9. The number of hydrogen-bond donors (Lipinski definition) is 2. The van der Waals surface area contributed by atoms with E-state index in [0.29, 0.717) is 22.6 Å². The predicted octanol–water partition coefficient (Wildman–Crippen LogP) is 1.32. The van der Waals surface area contributed by atoms with Crippen molar-refractivity contribution < 1.29 is 19.1 Å². The van der Waals surface area contributed by atoms with E-state index in [0.717, 1.165) is 4.57 Å². The first-order valence-electron chi connectivity index (χ1n) is 9.02. The third kappa shape index (κ3) is 3.16. The lowest BCUT2D eigenvalue weighted by molar-refractivity contribution is -0.143. The number of ketones is 1. The standard InChI is InChI=1S/C21H17N3O6/c1-24-18(22)17(19(26)23-21(24)28)13(25)10-29-20(27)16-11-6-2-4-8-14(11)30-15-9-5-3-7-12(15)16/h2-9,16H,10,22H2,1H3,(H,23,26,28). The summed E-state index contributed by atoms with van der Waals surface area (Å²) >= 11 is 0. The third-order valence-electron chi connectivity index (χ3n) is 4.91. The Labute approximate surface area is 169 Å². The van der Waals surface area contributed by atoms with Crippen LogP contribution < -0.4 is 21.7 Å². The van der Waals surface area contributed by atoms with Gasteiger partial charge in [0.2, 0.25) is 5.78 Å². The molecule has 9 nitrogen and oxygen atoms in total. The molecule has 2 aromatic carbocycles. The zero-order valence-corrected chi connectivity index (χ0v) is 15.9. The van der Waals surface area contributed by atoms with Crippen LogP contribution >= 0.6 is 0 Å². The second kappa shape index (κ2) is 7.36. The summed E-state index contributed by atoms with van der Waals surface area (Å²) in [6.07, 6.45) is 0. The molecule has 3 aromatic rings. The second-order valence-corrected chi connectivity index (χ2v) is 6.72. The number of carbonyl (C=O) groups is 2. The monoisotopic (exact) mass is 407 g/mol. The van der Waals surface area contributed by atoms with Crippen molar-refractivity contribution in [3.8, 4) is 11.5 Å². The summed E-state index contributed by atoms with van der Waals surface area (Å²) in [4.78, 5) is 51.0. The van der Waals surface area contributed by atoms with Gasteiger partial charge in [0.05, 0.1) is 0 Å². The average Bonchev–Trinajstić information content (AvgIpc) is 2.74. The Kier molecular flexibility index (Phi) is 4.71. The third-order valence-corrected chi connectivity index (χ3v) is 4.91. The van der Waals surface area contributed by atoms with Crippen molar-refractivity contribution in [3.05, 3.63) is 86.1 Å². The van der Waals surface area contributed by atoms with Gasteiger partial charge in [0.1, 0.15) is 28.8 Å². The Morgan fingerprint density at radius 3 is 2.23 bits per heavy atom. The van der Waals surface area contributed by atoms with Crippen LogP contribution in [-0.4, -0.2) is 27.9 Å². The van der Waals surface area contributed by atoms with Gasteiger partial charge in [-0.1, -0.05) is 36.4 Å². The van der Waals surface area contributed by atoms with Crippen molar-refractivity contribution in [1.29, 1.82) is 0 Å². The molecular weight excluding hydrogens is 390 g/mol. The van der Waals surface area contributed by atoms with E-state index in [9.17, 15) is 19.2 Å². The molecule has 0 radical (unpaired) electrons. The first-order valence-corrected chi connectivity index (χ1v) is 9.02. The lowest BCUT2D eigenvalue weighted by Gasteiger charge is -2.26. The van der Waals surface area contributed by atoms with Crippen LogP contribution in [0.1, 0.15) is 27.4 Å². The first-order chi connectivity index (χ1) is 14.4. The van der Waals surface area contributed by atoms with Crippen LogP contribution in [0.2, 0.25) is 0 Å². The zero-order chi connectivity index (χ0) is 21.4. The van der Waals surface area contributed by atoms with Crippen molar-refractivity contribution in [2.75, 3.05) is 12.3 Å². The molecule has 2 heterocycles. The number of anilines is 1. The zero-order valence-electron chi connectivity index (χ0n) is 15.9. The number of esters is 1. The summed E-state index contributed by atoms with van der Waals surface area (Å²) in [5.41, 5.74) is 4.82. The molecule has 1 aliphatic heterocycles. The Balaban J connectivity index is 1.62. The molecule has 1 aromatic heterocycles. The number of nitrogens with two attached hydrogens (primary N) is 1. The van der Waals surface area contributed by atoms with Gasteiger partial charge in [-0.05, 0) is 12.1 Å². The number of rotatable bonds is 4. The second-order valence-electron chi connectivity index (χ2n) is 6.72. The summed E-state index contributed by atoms with van der Waals surface area (Å²) < 4.78 is 12.0. The number of nitrogens with zero attached hydrogens (tertiary/aromatic N) is 1. The lowest BCUT2D eigenvalue weighted by atomic mass is 9.88. The Morgan fingerprint density at radius 2 is 1.63 bits per heavy atom. The number of ether oxygens (including phenoxy) is 2. The van der Waals surface area contributed by atoms with Gasteiger partial charge in [-0.3, -0.25) is 23.9 Å². The van der Waals surface area contributed by atoms with Crippen LogP contribution in [0.5, 0.6) is 11.5 Å². The number of Topliss-reactive ketones (excluding diaryl/α,β-unsaturated/α-hetero) is 1. The molecule has 1 aliphatic rings. The predicted molar refractivity (Wildman–Crippen MR) is 107 cm³/mol. The quantitative estimate of drug-likeness (QED) is 0.492. The highest BCUT2D eigenvalue weighted by Crippen LogP contribution is 2.44. The fraction of sp³-hybridized carbons (Fsp3) is 0.143. The molecule has 9 heteroatoms. The van der Waals surface area contributed by atoms with Crippen LogP contribution in [0.4, 0.5) is 5.82 Å². The van der Waals surface area contributed by atoms with Gasteiger partial charge < -0.3 is 15.2 Å². The largest absolute Gasteiger partial charge is 0.457 e. The normalized spacial score (nSPS) is 12.4. The fourth-order valence-corrected chi connectivity index (χ4v) is 3.36. The number of fused-ring (bicyclic) bond motifs is 2. The summed E-state index contributed by atoms with van der Waals surface area (Å²) in [6.45, 7) is -0.702. The molecule has 0 spiro atoms. The van der Waals surface area contributed by atoms with Crippen molar-refractivity contribution >= 4 is 17.6 Å². The maximum absolute atomic E-state index is 12.9. The van der Waals surface area contributed by atoms with Gasteiger partial charge in [-0.2, -0.15) is 0 Å². The molecular formula is C21H17N3O6. The van der Waals surface area contributed by atoms with Crippen LogP contribution in [0.15, 0.2) is 58.1 Å². The fourth-order valence-electron chi connectivity index (χ4n) is 3.36. The molecule has 4 rings (SSSR count). The molecule has 0 saturated carbocycles. The van der Waals surface area contributed by atoms with Gasteiger partial charge in [0.15, 0.2) is 6.61 Å². The molecule has 0 atom stereocenters. The number of aromatic nitrogens is 2. The van der Waals surface area contributed by atoms with Gasteiger partial charge in [0.25, 0.3) is 5.56 Å². The van der Waals surface area contributed by atoms with Gasteiger partial charge in [0, 0.05) is 18.2 Å². The Bertz CT molecular complexity index is 1240. The molecule has 0 bridgehead atoms. The lowest BCUT2D eigenvalue weighted by Crippen LogP contribution is -2.36. The highest BCUT2D eigenvalue weighted by Gasteiger charge is 2.34. The SMILES string of the molecule is Cn1c(N)c(C(=O)COC(=O)C2c3ccccc3Oc3ccccc32)c(=O)[nH]c1=O.